The maximum atomic E-state index is 9.02. The number of pyridine rings is 1. The molecule has 17 heavy (non-hydrogen) atoms. The smallest absolute Gasteiger partial charge is 0.129 e. The summed E-state index contributed by atoms with van der Waals surface area (Å²) in [7, 11) is 0. The van der Waals surface area contributed by atoms with Crippen LogP contribution in [0.3, 0.4) is 0 Å². The third-order valence-corrected chi connectivity index (χ3v) is 2.64. The molecular formula is C13H14N4. The van der Waals surface area contributed by atoms with Gasteiger partial charge in [-0.25, -0.2) is 0 Å². The van der Waals surface area contributed by atoms with Gasteiger partial charge in [-0.1, -0.05) is 24.3 Å². The minimum Gasteiger partial charge on any atom is -0.367 e. The predicted molar refractivity (Wildman–Crippen MR) is 68.4 cm³/mol. The zero-order chi connectivity index (χ0) is 12.3. The molecule has 2 atom stereocenters. The maximum absolute atomic E-state index is 9.02. The minimum absolute atomic E-state index is 0.237. The van der Waals surface area contributed by atoms with Gasteiger partial charge in [0, 0.05) is 23.0 Å². The van der Waals surface area contributed by atoms with E-state index in [-0.39, 0.29) is 6.04 Å². The Morgan fingerprint density at radius 3 is 2.82 bits per heavy atom. The van der Waals surface area contributed by atoms with Crippen LogP contribution in [0.1, 0.15) is 6.92 Å². The first-order chi connectivity index (χ1) is 8.22. The molecule has 0 radical (unpaired) electrons. The first kappa shape index (κ1) is 11.4. The number of anilines is 1. The third kappa shape index (κ3) is 2.35. The highest BCUT2D eigenvalue weighted by Gasteiger charge is 2.13. The number of nitriles is 1. The fourth-order valence-corrected chi connectivity index (χ4v) is 1.68. The number of nitrogens with one attached hydrogen (secondary N) is 1. The van der Waals surface area contributed by atoms with Crippen LogP contribution in [0, 0.1) is 11.3 Å². The average Bonchev–Trinajstić information content (AvgIpc) is 2.35. The van der Waals surface area contributed by atoms with Crippen molar-refractivity contribution >= 4 is 16.5 Å². The third-order valence-electron chi connectivity index (χ3n) is 2.64. The van der Waals surface area contributed by atoms with Crippen molar-refractivity contribution in [2.24, 2.45) is 5.73 Å². The van der Waals surface area contributed by atoms with Gasteiger partial charge in [-0.2, -0.15) is 5.26 Å². The van der Waals surface area contributed by atoms with E-state index in [9.17, 15) is 0 Å². The lowest BCUT2D eigenvalue weighted by Crippen LogP contribution is -2.36. The van der Waals surface area contributed by atoms with Crippen molar-refractivity contribution in [2.75, 3.05) is 5.32 Å². The molecule has 0 fully saturated rings. The second-order valence-corrected chi connectivity index (χ2v) is 4.02. The molecule has 1 aromatic heterocycles. The van der Waals surface area contributed by atoms with Gasteiger partial charge in [0.05, 0.1) is 18.0 Å². The molecular weight excluding hydrogens is 212 g/mol. The molecule has 0 saturated carbocycles. The largest absolute Gasteiger partial charge is 0.367 e. The monoisotopic (exact) mass is 226 g/mol. The normalized spacial score (nSPS) is 13.9. The van der Waals surface area contributed by atoms with Crippen molar-refractivity contribution in [1.82, 2.24) is 4.98 Å². The van der Waals surface area contributed by atoms with Gasteiger partial charge in [0.15, 0.2) is 0 Å². The fraction of sp³-hybridized carbons (Fsp3) is 0.231. The van der Waals surface area contributed by atoms with Crippen LogP contribution in [0.4, 0.5) is 5.69 Å². The number of benzene rings is 1. The van der Waals surface area contributed by atoms with Crippen molar-refractivity contribution in [2.45, 2.75) is 19.0 Å². The quantitative estimate of drug-likeness (QED) is 0.838. The van der Waals surface area contributed by atoms with Crippen LogP contribution in [0.2, 0.25) is 0 Å². The van der Waals surface area contributed by atoms with Crippen LogP contribution < -0.4 is 11.1 Å². The Morgan fingerprint density at radius 1 is 1.35 bits per heavy atom. The molecule has 0 aliphatic rings. The summed E-state index contributed by atoms with van der Waals surface area (Å²) in [6.07, 6.45) is 3.52. The lowest BCUT2D eigenvalue weighted by Gasteiger charge is -2.17. The highest BCUT2D eigenvalue weighted by Crippen LogP contribution is 2.22. The Balaban J connectivity index is 2.39. The number of hydrogen-bond acceptors (Lipinski definition) is 4. The summed E-state index contributed by atoms with van der Waals surface area (Å²) in [5.74, 6) is 0. The standard InChI is InChI=1S/C13H14N4/c1-9(15)12(6-14)17-13-8-16-7-10-4-2-3-5-11(10)13/h2-5,7-9,12,17H,15H2,1H3. The number of fused-ring (bicyclic) bond motifs is 1. The summed E-state index contributed by atoms with van der Waals surface area (Å²) in [4.78, 5) is 4.15. The van der Waals surface area contributed by atoms with E-state index in [1.54, 1.807) is 19.3 Å². The van der Waals surface area contributed by atoms with Crippen LogP contribution in [-0.4, -0.2) is 17.1 Å². The highest BCUT2D eigenvalue weighted by molar-refractivity contribution is 5.92. The van der Waals surface area contributed by atoms with Crippen LogP contribution in [0.25, 0.3) is 10.8 Å². The number of nitrogens with zero attached hydrogens (tertiary/aromatic N) is 2. The Bertz CT molecular complexity index is 551. The summed E-state index contributed by atoms with van der Waals surface area (Å²) in [6.45, 7) is 1.81. The predicted octanol–water partition coefficient (Wildman–Crippen LogP) is 1.89. The second-order valence-electron chi connectivity index (χ2n) is 4.02. The van der Waals surface area contributed by atoms with Gasteiger partial charge in [-0.15, -0.1) is 0 Å². The van der Waals surface area contributed by atoms with Gasteiger partial charge in [0.2, 0.25) is 0 Å². The van der Waals surface area contributed by atoms with E-state index in [1.165, 1.54) is 0 Å². The Morgan fingerprint density at radius 2 is 2.12 bits per heavy atom. The summed E-state index contributed by atoms with van der Waals surface area (Å²) >= 11 is 0. The van der Waals surface area contributed by atoms with Crippen molar-refractivity contribution in [1.29, 1.82) is 5.26 Å². The van der Waals surface area contributed by atoms with Gasteiger partial charge in [-0.05, 0) is 6.92 Å². The Labute approximate surface area is 100 Å². The summed E-state index contributed by atoms with van der Waals surface area (Å²) < 4.78 is 0. The Kier molecular flexibility index (Phi) is 3.22. The Hall–Kier alpha value is -2.12. The summed E-state index contributed by atoms with van der Waals surface area (Å²) in [5, 5.41) is 14.2. The lowest BCUT2D eigenvalue weighted by atomic mass is 10.1. The summed E-state index contributed by atoms with van der Waals surface area (Å²) in [6, 6.07) is 9.40. The first-order valence-electron chi connectivity index (χ1n) is 5.47. The van der Waals surface area contributed by atoms with Gasteiger partial charge >= 0.3 is 0 Å². The molecule has 0 saturated heterocycles. The van der Waals surface area contributed by atoms with E-state index in [4.69, 9.17) is 11.0 Å². The van der Waals surface area contributed by atoms with E-state index < -0.39 is 6.04 Å². The maximum Gasteiger partial charge on any atom is 0.129 e. The number of rotatable bonds is 3. The topological polar surface area (TPSA) is 74.7 Å². The van der Waals surface area contributed by atoms with E-state index in [0.717, 1.165) is 16.5 Å². The minimum atomic E-state index is -0.414. The molecule has 0 amide bonds. The van der Waals surface area contributed by atoms with Crippen molar-refractivity contribution in [3.63, 3.8) is 0 Å². The highest BCUT2D eigenvalue weighted by atomic mass is 15.0. The molecule has 0 spiro atoms. The van der Waals surface area contributed by atoms with Gasteiger partial charge in [-0.3, -0.25) is 4.98 Å². The SMILES string of the molecule is CC(N)C(C#N)Nc1cncc2ccccc12. The zero-order valence-electron chi connectivity index (χ0n) is 9.59. The molecule has 4 nitrogen and oxygen atoms in total. The summed E-state index contributed by atoms with van der Waals surface area (Å²) in [5.41, 5.74) is 6.57. The fourth-order valence-electron chi connectivity index (χ4n) is 1.68. The molecule has 1 aromatic carbocycles. The molecule has 2 aromatic rings. The molecule has 0 aliphatic heterocycles. The van der Waals surface area contributed by atoms with Crippen LogP contribution >= 0.6 is 0 Å². The first-order valence-corrected chi connectivity index (χ1v) is 5.47. The number of aromatic nitrogens is 1. The molecule has 0 aliphatic carbocycles. The number of nitrogens with two attached hydrogens (primary N) is 1. The molecule has 86 valence electrons. The number of hydrogen-bond donors (Lipinski definition) is 2. The van der Waals surface area contributed by atoms with Crippen LogP contribution in [0.15, 0.2) is 36.7 Å². The zero-order valence-corrected chi connectivity index (χ0v) is 9.59. The van der Waals surface area contributed by atoms with Gasteiger partial charge in [0.25, 0.3) is 0 Å². The van der Waals surface area contributed by atoms with E-state index in [0.29, 0.717) is 0 Å². The lowest BCUT2D eigenvalue weighted by molar-refractivity contribution is 0.694. The van der Waals surface area contributed by atoms with Gasteiger partial charge in [0.1, 0.15) is 6.04 Å². The molecule has 2 rings (SSSR count). The molecule has 4 heteroatoms. The van der Waals surface area contributed by atoms with Crippen molar-refractivity contribution in [3.05, 3.63) is 36.7 Å². The van der Waals surface area contributed by atoms with Crippen LogP contribution in [0.5, 0.6) is 0 Å². The molecule has 3 N–H and O–H groups in total. The van der Waals surface area contributed by atoms with E-state index in [2.05, 4.69) is 16.4 Å². The molecule has 1 heterocycles. The molecule has 2 unspecified atom stereocenters. The van der Waals surface area contributed by atoms with Crippen molar-refractivity contribution < 1.29 is 0 Å². The second kappa shape index (κ2) is 4.81. The average molecular weight is 226 g/mol. The van der Waals surface area contributed by atoms with E-state index >= 15 is 0 Å². The van der Waals surface area contributed by atoms with Crippen LogP contribution in [-0.2, 0) is 0 Å². The van der Waals surface area contributed by atoms with Gasteiger partial charge < -0.3 is 11.1 Å². The molecule has 0 bridgehead atoms. The van der Waals surface area contributed by atoms with E-state index in [1.807, 2.05) is 24.3 Å². The van der Waals surface area contributed by atoms with Crippen molar-refractivity contribution in [3.8, 4) is 6.07 Å².